The highest BCUT2D eigenvalue weighted by Crippen LogP contribution is 2.53. The van der Waals surface area contributed by atoms with E-state index in [0.717, 1.165) is 51.0 Å². The number of rotatable bonds is 7. The number of hydrogen-bond donors (Lipinski definition) is 0. The normalized spacial score (nSPS) is 13.6. The predicted molar refractivity (Wildman–Crippen MR) is 346 cm³/mol. The second-order valence-corrected chi connectivity index (χ2v) is 26.7. The van der Waals surface area contributed by atoms with Crippen LogP contribution in [0.3, 0.4) is 0 Å². The average molecular weight is 1050 g/mol. The number of aromatic nitrogens is 2. The second kappa shape index (κ2) is 17.5. The van der Waals surface area contributed by atoms with Crippen LogP contribution < -0.4 is 41.5 Å². The molecular weight excluding hydrogens is 998 g/mol. The Hall–Kier alpha value is -10.1. The van der Waals surface area contributed by atoms with Crippen molar-refractivity contribution >= 4 is 136 Å². The van der Waals surface area contributed by atoms with Crippen molar-refractivity contribution < 1.29 is 0 Å². The molecule has 5 nitrogen and oxygen atoms in total. The van der Waals surface area contributed by atoms with Crippen LogP contribution in [-0.2, 0) is 0 Å². The van der Waals surface area contributed by atoms with E-state index in [-0.39, 0.29) is 6.71 Å². The van der Waals surface area contributed by atoms with Gasteiger partial charge in [-0.2, -0.15) is 0 Å². The number of anilines is 9. The minimum atomic E-state index is -2.15. The Kier molecular flexibility index (Phi) is 9.89. The van der Waals surface area contributed by atoms with Crippen molar-refractivity contribution in [2.75, 3.05) is 14.7 Å². The van der Waals surface area contributed by atoms with Crippen molar-refractivity contribution in [3.63, 3.8) is 0 Å². The molecule has 0 aliphatic carbocycles. The van der Waals surface area contributed by atoms with E-state index in [4.69, 9.17) is 0 Å². The van der Waals surface area contributed by atoms with Crippen molar-refractivity contribution in [2.24, 2.45) is 0 Å². The standard InChI is InChI=1S/C74H52BN5Si/c1-81(2)67-42-23-20-37-57(67)71-68(81)46-44-59-74(71)80(53-33-16-7-17-34-53)66-48-54(76(49-25-8-3-9-26-49)62-40-24-41-63-69(62)55-35-18-21-38-60(55)77(63)50-27-10-4-11-28-50)47-65-72(66)75(59)58-43-45-64-70(73(58)79(65)52-31-14-6-15-32-52)56-36-19-22-39-61(56)78(64)51-29-12-5-13-30-51/h3-48H,1-2H3. The van der Waals surface area contributed by atoms with E-state index < -0.39 is 8.07 Å². The lowest BCUT2D eigenvalue weighted by Gasteiger charge is -2.46. The fraction of sp³-hybridized carbons (Fsp3) is 0.0270. The van der Waals surface area contributed by atoms with Gasteiger partial charge in [-0.15, -0.1) is 0 Å². The smallest absolute Gasteiger partial charge is 0.252 e. The largest absolute Gasteiger partial charge is 0.311 e. The van der Waals surface area contributed by atoms with E-state index in [1.165, 1.54) is 93.0 Å². The number of nitrogens with zero attached hydrogens (tertiary/aromatic N) is 5. The molecule has 3 aliphatic rings. The molecule has 0 atom stereocenters. The summed E-state index contributed by atoms with van der Waals surface area (Å²) >= 11 is 0. The highest BCUT2D eigenvalue weighted by Gasteiger charge is 2.49. The molecule has 0 amide bonds. The molecule has 81 heavy (non-hydrogen) atoms. The van der Waals surface area contributed by atoms with Gasteiger partial charge in [0.1, 0.15) is 8.07 Å². The van der Waals surface area contributed by atoms with Crippen LogP contribution in [0.1, 0.15) is 0 Å². The molecule has 0 fully saturated rings. The zero-order chi connectivity index (χ0) is 53.5. The van der Waals surface area contributed by atoms with Gasteiger partial charge in [-0.25, -0.2) is 0 Å². The number of para-hydroxylation sites is 7. The first-order valence-corrected chi connectivity index (χ1v) is 31.2. The average Bonchev–Trinajstić information content (AvgIpc) is 3.73. The third-order valence-electron chi connectivity index (χ3n) is 17.8. The Morgan fingerprint density at radius 2 is 0.827 bits per heavy atom. The summed E-state index contributed by atoms with van der Waals surface area (Å²) in [4.78, 5) is 7.81. The Morgan fingerprint density at radius 1 is 0.358 bits per heavy atom. The van der Waals surface area contributed by atoms with Crippen LogP contribution in [0, 0.1) is 0 Å². The maximum Gasteiger partial charge on any atom is 0.252 e. The molecule has 0 radical (unpaired) electrons. The minimum Gasteiger partial charge on any atom is -0.311 e. The van der Waals surface area contributed by atoms with Gasteiger partial charge < -0.3 is 23.8 Å². The van der Waals surface area contributed by atoms with Gasteiger partial charge in [0.25, 0.3) is 6.71 Å². The Bertz CT molecular complexity index is 4860. The summed E-state index contributed by atoms with van der Waals surface area (Å²) in [5.41, 5.74) is 23.8. The fourth-order valence-electron chi connectivity index (χ4n) is 14.5. The molecule has 7 heteroatoms. The van der Waals surface area contributed by atoms with Crippen LogP contribution >= 0.6 is 0 Å². The lowest BCUT2D eigenvalue weighted by molar-refractivity contribution is 1.18. The molecule has 0 unspecified atom stereocenters. The fourth-order valence-corrected chi connectivity index (χ4v) is 17.6. The monoisotopic (exact) mass is 1050 g/mol. The molecule has 14 aromatic rings. The maximum atomic E-state index is 2.65. The summed E-state index contributed by atoms with van der Waals surface area (Å²) in [6, 6.07) is 104. The van der Waals surface area contributed by atoms with Crippen LogP contribution in [0.4, 0.5) is 51.2 Å². The van der Waals surface area contributed by atoms with Crippen LogP contribution in [-0.4, -0.2) is 23.9 Å². The minimum absolute atomic E-state index is 0.127. The van der Waals surface area contributed by atoms with Gasteiger partial charge in [-0.05, 0) is 135 Å². The third kappa shape index (κ3) is 6.49. The van der Waals surface area contributed by atoms with Crippen molar-refractivity contribution in [1.29, 1.82) is 0 Å². The van der Waals surface area contributed by atoms with Gasteiger partial charge in [-0.1, -0.05) is 189 Å². The van der Waals surface area contributed by atoms with E-state index in [0.29, 0.717) is 0 Å². The van der Waals surface area contributed by atoms with Crippen molar-refractivity contribution in [1.82, 2.24) is 9.13 Å². The SMILES string of the molecule is C[Si]1(C)c2ccccc2-c2c1ccc1c2N(c2ccccc2)c2cc(N(c3ccccc3)c3cccc4c3c3ccccc3n4-c3ccccc3)cc3c2B1c1ccc2c(c1N3c1ccccc1)c1ccccc1n2-c1ccccc1. The highest BCUT2D eigenvalue weighted by atomic mass is 28.3. The van der Waals surface area contributed by atoms with E-state index >= 15 is 0 Å². The highest BCUT2D eigenvalue weighted by molar-refractivity contribution is 7.05. The predicted octanol–water partition coefficient (Wildman–Crippen LogP) is 16.2. The van der Waals surface area contributed by atoms with Gasteiger partial charge in [0, 0.05) is 72.6 Å². The molecule has 0 N–H and O–H groups in total. The van der Waals surface area contributed by atoms with Gasteiger partial charge >= 0.3 is 0 Å². The Morgan fingerprint density at radius 3 is 1.44 bits per heavy atom. The zero-order valence-corrected chi connectivity index (χ0v) is 45.9. The Balaban J connectivity index is 1.05. The molecule has 2 aromatic heterocycles. The molecule has 12 aromatic carbocycles. The molecule has 0 saturated carbocycles. The van der Waals surface area contributed by atoms with Gasteiger partial charge in [0.05, 0.1) is 39.1 Å². The first-order chi connectivity index (χ1) is 40.0. The van der Waals surface area contributed by atoms with E-state index in [1.807, 2.05) is 0 Å². The summed E-state index contributed by atoms with van der Waals surface area (Å²) < 4.78 is 4.90. The summed E-state index contributed by atoms with van der Waals surface area (Å²) in [7, 11) is -2.15. The first-order valence-electron chi connectivity index (χ1n) is 28.2. The zero-order valence-electron chi connectivity index (χ0n) is 44.9. The molecule has 0 spiro atoms. The van der Waals surface area contributed by atoms with Crippen LogP contribution in [0.15, 0.2) is 279 Å². The summed E-state index contributed by atoms with van der Waals surface area (Å²) in [5.74, 6) is 0. The van der Waals surface area contributed by atoms with Crippen molar-refractivity contribution in [3.8, 4) is 22.5 Å². The number of fused-ring (bicyclic) bond motifs is 15. The van der Waals surface area contributed by atoms with Gasteiger partial charge in [0.2, 0.25) is 0 Å². The van der Waals surface area contributed by atoms with Crippen LogP contribution in [0.25, 0.3) is 66.1 Å². The quantitative estimate of drug-likeness (QED) is 0.148. The van der Waals surface area contributed by atoms with E-state index in [2.05, 4.69) is 316 Å². The molecule has 0 bridgehead atoms. The topological polar surface area (TPSA) is 19.6 Å². The number of benzene rings is 12. The van der Waals surface area contributed by atoms with E-state index in [9.17, 15) is 0 Å². The van der Waals surface area contributed by atoms with Crippen molar-refractivity contribution in [3.05, 3.63) is 279 Å². The van der Waals surface area contributed by atoms with Crippen molar-refractivity contribution in [2.45, 2.75) is 13.1 Å². The molecule has 380 valence electrons. The number of hydrogen-bond acceptors (Lipinski definition) is 3. The molecule has 3 aliphatic heterocycles. The molecule has 5 heterocycles. The van der Waals surface area contributed by atoms with Crippen LogP contribution in [0.5, 0.6) is 0 Å². The lowest BCUT2D eigenvalue weighted by Crippen LogP contribution is -2.62. The van der Waals surface area contributed by atoms with E-state index in [1.54, 1.807) is 0 Å². The lowest BCUT2D eigenvalue weighted by atomic mass is 9.33. The summed E-state index contributed by atoms with van der Waals surface area (Å²) in [6.45, 7) is 4.96. The Labute approximate surface area is 472 Å². The second-order valence-electron chi connectivity index (χ2n) is 22.4. The summed E-state index contributed by atoms with van der Waals surface area (Å²) in [5, 5.41) is 7.83. The van der Waals surface area contributed by atoms with Crippen LogP contribution in [0.2, 0.25) is 13.1 Å². The third-order valence-corrected chi connectivity index (χ3v) is 21.3. The molecule has 0 saturated heterocycles. The van der Waals surface area contributed by atoms with Gasteiger partial charge in [-0.3, -0.25) is 0 Å². The maximum absolute atomic E-state index is 2.65. The molecule has 17 rings (SSSR count). The molecular formula is C74H52BN5Si. The van der Waals surface area contributed by atoms with Gasteiger partial charge in [0.15, 0.2) is 0 Å². The summed E-state index contributed by atoms with van der Waals surface area (Å²) in [6.07, 6.45) is 0. The first kappa shape index (κ1) is 45.9.